The van der Waals surface area contributed by atoms with Crippen LogP contribution >= 0.6 is 0 Å². The third-order valence-corrected chi connectivity index (χ3v) is 6.86. The summed E-state index contributed by atoms with van der Waals surface area (Å²) in [5.41, 5.74) is 0.656. The van der Waals surface area contributed by atoms with Gasteiger partial charge in [0.1, 0.15) is 0 Å². The van der Waals surface area contributed by atoms with E-state index in [1.165, 1.54) is 26.4 Å². The average Bonchev–Trinajstić information content (AvgIpc) is 2.66. The summed E-state index contributed by atoms with van der Waals surface area (Å²) < 4.78 is 39.5. The van der Waals surface area contributed by atoms with Gasteiger partial charge in [-0.25, -0.2) is 13.1 Å². The largest absolute Gasteiger partial charge is 0.491 e. The van der Waals surface area contributed by atoms with Gasteiger partial charge >= 0.3 is 0 Å². The Morgan fingerprint density at radius 1 is 1.18 bits per heavy atom. The molecule has 1 aromatic rings. The summed E-state index contributed by atoms with van der Waals surface area (Å²) in [6.45, 7) is 2.54. The maximum atomic E-state index is 12.9. The Balaban J connectivity index is 1.82. The maximum Gasteiger partial charge on any atom is 0.293 e. The van der Waals surface area contributed by atoms with Gasteiger partial charge in [0.15, 0.2) is 5.75 Å². The smallest absolute Gasteiger partial charge is 0.293 e. The van der Waals surface area contributed by atoms with Crippen LogP contribution in [0.4, 0.5) is 0 Å². The monoisotopic (exact) mass is 412 g/mol. The van der Waals surface area contributed by atoms with Crippen LogP contribution in [-0.4, -0.2) is 45.1 Å². The molecular weight excluding hydrogens is 380 g/mol. The van der Waals surface area contributed by atoms with E-state index >= 15 is 0 Å². The van der Waals surface area contributed by atoms with Crippen LogP contribution in [0.15, 0.2) is 16.9 Å². The first-order valence-corrected chi connectivity index (χ1v) is 12.1. The SMILES string of the molecule is CCC1CCC(OC[C@H]2[C@@H](NS(C)(=O)=O)CCc3ccc(OC)c(=O)n32)CC1. The molecule has 0 radical (unpaired) electrons. The Morgan fingerprint density at radius 2 is 1.89 bits per heavy atom. The normalized spacial score (nSPS) is 28.0. The molecule has 1 fully saturated rings. The number of hydrogen-bond acceptors (Lipinski definition) is 5. The zero-order chi connectivity index (χ0) is 20.3. The lowest BCUT2D eigenvalue weighted by molar-refractivity contribution is -0.00702. The molecule has 28 heavy (non-hydrogen) atoms. The topological polar surface area (TPSA) is 86.6 Å². The predicted molar refractivity (Wildman–Crippen MR) is 108 cm³/mol. The van der Waals surface area contributed by atoms with Crippen LogP contribution in [0.1, 0.15) is 57.2 Å². The number of sulfonamides is 1. The first kappa shape index (κ1) is 21.3. The van der Waals surface area contributed by atoms with Crippen molar-refractivity contribution in [1.82, 2.24) is 9.29 Å². The maximum absolute atomic E-state index is 12.9. The molecule has 2 heterocycles. The third kappa shape index (κ3) is 4.96. The van der Waals surface area contributed by atoms with Crippen molar-refractivity contribution >= 4 is 10.0 Å². The molecular formula is C20H32N2O5S. The minimum absolute atomic E-state index is 0.174. The van der Waals surface area contributed by atoms with Crippen molar-refractivity contribution in [2.24, 2.45) is 5.92 Å². The Kier molecular flexibility index (Phi) is 6.83. The number of fused-ring (bicyclic) bond motifs is 1. The van der Waals surface area contributed by atoms with Gasteiger partial charge in [-0.05, 0) is 56.6 Å². The fraction of sp³-hybridized carbons (Fsp3) is 0.750. The number of hydrogen-bond donors (Lipinski definition) is 1. The van der Waals surface area contributed by atoms with E-state index in [4.69, 9.17) is 9.47 Å². The highest BCUT2D eigenvalue weighted by Gasteiger charge is 2.34. The molecule has 3 rings (SSSR count). The fourth-order valence-electron chi connectivity index (χ4n) is 4.52. The molecule has 1 aromatic heterocycles. The van der Waals surface area contributed by atoms with E-state index in [9.17, 15) is 13.2 Å². The van der Waals surface area contributed by atoms with Crippen molar-refractivity contribution in [2.45, 2.75) is 70.1 Å². The van der Waals surface area contributed by atoms with E-state index in [1.807, 2.05) is 6.07 Å². The highest BCUT2D eigenvalue weighted by molar-refractivity contribution is 7.88. The number of pyridine rings is 1. The van der Waals surface area contributed by atoms with Crippen molar-refractivity contribution in [2.75, 3.05) is 20.0 Å². The zero-order valence-corrected chi connectivity index (χ0v) is 17.8. The molecule has 0 spiro atoms. The molecule has 0 aromatic carbocycles. The number of ether oxygens (including phenoxy) is 2. The molecule has 0 bridgehead atoms. The van der Waals surface area contributed by atoms with Gasteiger partial charge in [-0.1, -0.05) is 13.3 Å². The van der Waals surface area contributed by atoms with E-state index in [-0.39, 0.29) is 29.5 Å². The van der Waals surface area contributed by atoms with Gasteiger partial charge in [-0.15, -0.1) is 0 Å². The summed E-state index contributed by atoms with van der Waals surface area (Å²) >= 11 is 0. The summed E-state index contributed by atoms with van der Waals surface area (Å²) in [6.07, 6.45) is 8.18. The summed E-state index contributed by atoms with van der Waals surface area (Å²) in [5, 5.41) is 0. The number of aryl methyl sites for hydroxylation is 1. The van der Waals surface area contributed by atoms with Gasteiger partial charge in [0.2, 0.25) is 10.0 Å². The second kappa shape index (κ2) is 8.97. The lowest BCUT2D eigenvalue weighted by Gasteiger charge is -2.37. The van der Waals surface area contributed by atoms with Crippen LogP contribution in [0.3, 0.4) is 0 Å². The zero-order valence-electron chi connectivity index (χ0n) is 17.0. The van der Waals surface area contributed by atoms with E-state index in [2.05, 4.69) is 11.6 Å². The lowest BCUT2D eigenvalue weighted by atomic mass is 9.86. The van der Waals surface area contributed by atoms with E-state index in [0.29, 0.717) is 19.4 Å². The first-order valence-electron chi connectivity index (χ1n) is 10.2. The van der Waals surface area contributed by atoms with Gasteiger partial charge in [0, 0.05) is 11.7 Å². The Labute approximate surface area is 167 Å². The van der Waals surface area contributed by atoms with Crippen LogP contribution in [0.5, 0.6) is 5.75 Å². The lowest BCUT2D eigenvalue weighted by Crippen LogP contribution is -2.49. The molecule has 0 unspecified atom stereocenters. The van der Waals surface area contributed by atoms with Crippen LogP contribution < -0.4 is 15.0 Å². The van der Waals surface area contributed by atoms with Crippen molar-refractivity contribution in [3.05, 3.63) is 28.2 Å². The summed E-state index contributed by atoms with van der Waals surface area (Å²) in [6, 6.07) is 2.81. The molecule has 158 valence electrons. The second-order valence-electron chi connectivity index (χ2n) is 8.06. The van der Waals surface area contributed by atoms with Crippen LogP contribution in [0.2, 0.25) is 0 Å². The number of aromatic nitrogens is 1. The van der Waals surface area contributed by atoms with Gasteiger partial charge in [-0.2, -0.15) is 0 Å². The number of nitrogens with one attached hydrogen (secondary N) is 1. The molecule has 7 nitrogen and oxygen atoms in total. The van der Waals surface area contributed by atoms with Gasteiger partial charge in [0.05, 0.1) is 32.1 Å². The van der Waals surface area contributed by atoms with Crippen LogP contribution in [-0.2, 0) is 21.2 Å². The van der Waals surface area contributed by atoms with Crippen LogP contribution in [0, 0.1) is 5.92 Å². The molecule has 0 saturated heterocycles. The summed E-state index contributed by atoms with van der Waals surface area (Å²) in [7, 11) is -1.93. The minimum atomic E-state index is -3.39. The number of nitrogens with zero attached hydrogens (tertiary/aromatic N) is 1. The third-order valence-electron chi connectivity index (χ3n) is 6.13. The summed E-state index contributed by atoms with van der Waals surface area (Å²) in [4.78, 5) is 12.9. The van der Waals surface area contributed by atoms with Crippen LogP contribution in [0.25, 0.3) is 0 Å². The molecule has 8 heteroatoms. The van der Waals surface area contributed by atoms with Crippen molar-refractivity contribution in [1.29, 1.82) is 0 Å². The molecule has 0 amide bonds. The van der Waals surface area contributed by atoms with E-state index < -0.39 is 10.0 Å². The fourth-order valence-corrected chi connectivity index (χ4v) is 5.34. The molecule has 2 atom stereocenters. The quantitative estimate of drug-likeness (QED) is 0.742. The van der Waals surface area contributed by atoms with E-state index in [1.54, 1.807) is 10.6 Å². The highest BCUT2D eigenvalue weighted by Crippen LogP contribution is 2.31. The highest BCUT2D eigenvalue weighted by atomic mass is 32.2. The Bertz CT molecular complexity index is 827. The van der Waals surface area contributed by atoms with E-state index in [0.717, 1.165) is 30.7 Å². The van der Waals surface area contributed by atoms with Crippen molar-refractivity contribution < 1.29 is 17.9 Å². The Morgan fingerprint density at radius 3 is 2.50 bits per heavy atom. The number of methoxy groups -OCH3 is 1. The predicted octanol–water partition coefficient (Wildman–Crippen LogP) is 2.25. The summed E-state index contributed by atoms with van der Waals surface area (Å²) in [5.74, 6) is 1.04. The molecule has 1 N–H and O–H groups in total. The Hall–Kier alpha value is -1.38. The minimum Gasteiger partial charge on any atom is -0.491 e. The molecule has 1 aliphatic carbocycles. The van der Waals surface area contributed by atoms with Crippen molar-refractivity contribution in [3.63, 3.8) is 0 Å². The standard InChI is InChI=1S/C20H32N2O5S/c1-4-14-5-9-16(10-6-14)27-13-18-17(21-28(3,24)25)11-7-15-8-12-19(26-2)20(23)22(15)18/h8,12,14,16-18,21H,4-7,9-11,13H2,1-3H3/t14?,16?,17-,18-/m0/s1. The molecule has 1 saturated carbocycles. The van der Waals surface area contributed by atoms with Gasteiger partial charge in [-0.3, -0.25) is 4.79 Å². The van der Waals surface area contributed by atoms with Gasteiger partial charge < -0.3 is 14.0 Å². The second-order valence-corrected chi connectivity index (χ2v) is 9.84. The molecule has 2 aliphatic rings. The first-order chi connectivity index (χ1) is 13.3. The van der Waals surface area contributed by atoms with Gasteiger partial charge in [0.25, 0.3) is 5.56 Å². The number of rotatable bonds is 7. The average molecular weight is 413 g/mol. The van der Waals surface area contributed by atoms with Crippen molar-refractivity contribution in [3.8, 4) is 5.75 Å². The molecule has 1 aliphatic heterocycles.